The number of hydrogen-bond acceptors (Lipinski definition) is 3. The van der Waals surface area contributed by atoms with Crippen LogP contribution in [0.2, 0.25) is 0 Å². The van der Waals surface area contributed by atoms with Gasteiger partial charge in [-0.25, -0.2) is 4.39 Å². The number of halogens is 1. The summed E-state index contributed by atoms with van der Waals surface area (Å²) in [4.78, 5) is 14.1. The van der Waals surface area contributed by atoms with Gasteiger partial charge in [-0.3, -0.25) is 4.79 Å². The van der Waals surface area contributed by atoms with Gasteiger partial charge >= 0.3 is 0 Å². The van der Waals surface area contributed by atoms with Crippen molar-refractivity contribution in [2.45, 2.75) is 12.8 Å². The second-order valence-electron chi connectivity index (χ2n) is 5.12. The number of hydrogen-bond donors (Lipinski definition) is 2. The van der Waals surface area contributed by atoms with Crippen molar-refractivity contribution in [2.75, 3.05) is 26.7 Å². The van der Waals surface area contributed by atoms with Crippen LogP contribution in [0, 0.1) is 11.7 Å². The van der Waals surface area contributed by atoms with Crippen LogP contribution in [0.3, 0.4) is 0 Å². The van der Waals surface area contributed by atoms with Gasteiger partial charge in [0.05, 0.1) is 5.56 Å². The van der Waals surface area contributed by atoms with Crippen LogP contribution in [0.5, 0.6) is 5.75 Å². The third-order valence-corrected chi connectivity index (χ3v) is 3.59. The van der Waals surface area contributed by atoms with Crippen LogP contribution in [0.15, 0.2) is 18.2 Å². The van der Waals surface area contributed by atoms with Gasteiger partial charge in [-0.2, -0.15) is 0 Å². The number of phenolic OH excluding ortho intramolecular Hbond substituents is 1. The molecule has 1 saturated heterocycles. The maximum atomic E-state index is 13.5. The molecule has 0 saturated carbocycles. The molecule has 4 nitrogen and oxygen atoms in total. The van der Waals surface area contributed by atoms with Crippen LogP contribution < -0.4 is 5.32 Å². The van der Waals surface area contributed by atoms with E-state index in [1.54, 1.807) is 0 Å². The molecule has 0 aliphatic carbocycles. The Kier molecular flexibility index (Phi) is 4.37. The summed E-state index contributed by atoms with van der Waals surface area (Å²) in [6, 6.07) is 3.56. The fourth-order valence-corrected chi connectivity index (χ4v) is 2.29. The minimum Gasteiger partial charge on any atom is -0.508 e. The molecule has 2 rings (SSSR count). The quantitative estimate of drug-likeness (QED) is 0.874. The Morgan fingerprint density at radius 3 is 2.79 bits per heavy atom. The van der Waals surface area contributed by atoms with Gasteiger partial charge in [0.1, 0.15) is 11.6 Å². The van der Waals surface area contributed by atoms with Crippen molar-refractivity contribution in [3.8, 4) is 5.75 Å². The average Bonchev–Trinajstić information content (AvgIpc) is 2.37. The summed E-state index contributed by atoms with van der Waals surface area (Å²) in [5, 5.41) is 11.9. The second kappa shape index (κ2) is 6.02. The van der Waals surface area contributed by atoms with Gasteiger partial charge < -0.3 is 15.3 Å². The van der Waals surface area contributed by atoms with Gasteiger partial charge in [0, 0.05) is 12.6 Å². The SMILES string of the molecule is CN1CCC(CNC(=O)c2ccc(O)cc2F)CC1. The number of benzene rings is 1. The number of nitrogens with zero attached hydrogens (tertiary/aromatic N) is 1. The Labute approximate surface area is 112 Å². The Hall–Kier alpha value is -1.62. The number of amides is 1. The molecule has 5 heteroatoms. The molecule has 1 aliphatic heterocycles. The Bertz CT molecular complexity index is 457. The first-order valence-corrected chi connectivity index (χ1v) is 6.51. The molecule has 0 spiro atoms. The summed E-state index contributed by atoms with van der Waals surface area (Å²) in [7, 11) is 2.08. The number of likely N-dealkylation sites (tertiary alicyclic amines) is 1. The van der Waals surface area contributed by atoms with Crippen LogP contribution in [0.25, 0.3) is 0 Å². The Balaban J connectivity index is 1.87. The predicted octanol–water partition coefficient (Wildman–Crippen LogP) is 1.60. The van der Waals surface area contributed by atoms with E-state index in [0.717, 1.165) is 32.0 Å². The summed E-state index contributed by atoms with van der Waals surface area (Å²) in [6.07, 6.45) is 2.10. The first-order chi connectivity index (χ1) is 9.06. The summed E-state index contributed by atoms with van der Waals surface area (Å²) in [5.41, 5.74) is -0.0225. The highest BCUT2D eigenvalue weighted by Crippen LogP contribution is 2.17. The van der Waals surface area contributed by atoms with Gasteiger partial charge in [0.15, 0.2) is 0 Å². The van der Waals surface area contributed by atoms with Crippen LogP contribution >= 0.6 is 0 Å². The number of nitrogens with one attached hydrogen (secondary N) is 1. The highest BCUT2D eigenvalue weighted by atomic mass is 19.1. The van der Waals surface area contributed by atoms with Crippen molar-refractivity contribution >= 4 is 5.91 Å². The van der Waals surface area contributed by atoms with Crippen molar-refractivity contribution < 1.29 is 14.3 Å². The Morgan fingerprint density at radius 1 is 1.47 bits per heavy atom. The molecule has 1 aliphatic rings. The summed E-state index contributed by atoms with van der Waals surface area (Å²) in [5.74, 6) is -0.831. The van der Waals surface area contributed by atoms with E-state index in [4.69, 9.17) is 5.11 Å². The lowest BCUT2D eigenvalue weighted by Gasteiger charge is -2.28. The van der Waals surface area contributed by atoms with E-state index in [-0.39, 0.29) is 11.3 Å². The maximum absolute atomic E-state index is 13.5. The second-order valence-corrected chi connectivity index (χ2v) is 5.12. The third kappa shape index (κ3) is 3.67. The zero-order valence-electron chi connectivity index (χ0n) is 11.0. The topological polar surface area (TPSA) is 52.6 Å². The van der Waals surface area contributed by atoms with Crippen LogP contribution in [0.1, 0.15) is 23.2 Å². The highest BCUT2D eigenvalue weighted by molar-refractivity contribution is 5.94. The predicted molar refractivity (Wildman–Crippen MR) is 70.6 cm³/mol. The highest BCUT2D eigenvalue weighted by Gasteiger charge is 2.18. The summed E-state index contributed by atoms with van der Waals surface area (Å²) < 4.78 is 13.5. The van der Waals surface area contributed by atoms with E-state index in [1.165, 1.54) is 12.1 Å². The van der Waals surface area contributed by atoms with Crippen LogP contribution in [-0.4, -0.2) is 42.6 Å². The fraction of sp³-hybridized carbons (Fsp3) is 0.500. The van der Waals surface area contributed by atoms with E-state index in [2.05, 4.69) is 17.3 Å². The normalized spacial score (nSPS) is 17.4. The zero-order chi connectivity index (χ0) is 13.8. The molecule has 0 radical (unpaired) electrons. The minimum atomic E-state index is -0.694. The molecule has 1 aromatic carbocycles. The summed E-state index contributed by atoms with van der Waals surface area (Å²) >= 11 is 0. The Morgan fingerprint density at radius 2 is 2.16 bits per heavy atom. The lowest BCUT2D eigenvalue weighted by atomic mass is 9.97. The van der Waals surface area contributed by atoms with Crippen molar-refractivity contribution in [1.82, 2.24) is 10.2 Å². The molecular formula is C14H19FN2O2. The first kappa shape index (κ1) is 13.8. The lowest BCUT2D eigenvalue weighted by Crippen LogP contribution is -2.37. The van der Waals surface area contributed by atoms with Gasteiger partial charge in [-0.05, 0) is 51.0 Å². The van der Waals surface area contributed by atoms with E-state index in [9.17, 15) is 9.18 Å². The van der Waals surface area contributed by atoms with E-state index < -0.39 is 11.7 Å². The lowest BCUT2D eigenvalue weighted by molar-refractivity contribution is 0.0935. The zero-order valence-corrected chi connectivity index (χ0v) is 11.0. The van der Waals surface area contributed by atoms with E-state index in [1.807, 2.05) is 0 Å². The molecule has 0 unspecified atom stereocenters. The number of phenols is 1. The standard InChI is InChI=1S/C14H19FN2O2/c1-17-6-4-10(5-7-17)9-16-14(19)12-3-2-11(18)8-13(12)15/h2-3,8,10,18H,4-7,9H2,1H3,(H,16,19). The minimum absolute atomic E-state index is 0.0225. The first-order valence-electron chi connectivity index (χ1n) is 6.51. The largest absolute Gasteiger partial charge is 0.508 e. The molecular weight excluding hydrogens is 247 g/mol. The molecule has 1 aromatic rings. The van der Waals surface area contributed by atoms with Gasteiger partial charge in [0.2, 0.25) is 0 Å². The average molecular weight is 266 g/mol. The van der Waals surface area contributed by atoms with E-state index >= 15 is 0 Å². The smallest absolute Gasteiger partial charge is 0.254 e. The number of rotatable bonds is 3. The fourth-order valence-electron chi connectivity index (χ4n) is 2.29. The monoisotopic (exact) mass is 266 g/mol. The third-order valence-electron chi connectivity index (χ3n) is 3.59. The molecule has 1 heterocycles. The van der Waals surface area contributed by atoms with Crippen LogP contribution in [-0.2, 0) is 0 Å². The molecule has 19 heavy (non-hydrogen) atoms. The molecule has 0 atom stereocenters. The van der Waals surface area contributed by atoms with Crippen molar-refractivity contribution in [1.29, 1.82) is 0 Å². The molecule has 104 valence electrons. The van der Waals surface area contributed by atoms with E-state index in [0.29, 0.717) is 12.5 Å². The van der Waals surface area contributed by atoms with Gasteiger partial charge in [-0.1, -0.05) is 0 Å². The molecule has 1 amide bonds. The number of piperidine rings is 1. The van der Waals surface area contributed by atoms with Gasteiger partial charge in [0.25, 0.3) is 5.91 Å². The molecule has 1 fully saturated rings. The number of carbonyl (C=O) groups excluding carboxylic acids is 1. The van der Waals surface area contributed by atoms with Gasteiger partial charge in [-0.15, -0.1) is 0 Å². The maximum Gasteiger partial charge on any atom is 0.254 e. The number of aromatic hydroxyl groups is 1. The molecule has 2 N–H and O–H groups in total. The molecule has 0 bridgehead atoms. The van der Waals surface area contributed by atoms with Crippen molar-refractivity contribution in [3.63, 3.8) is 0 Å². The number of carbonyl (C=O) groups is 1. The summed E-state index contributed by atoms with van der Waals surface area (Å²) in [6.45, 7) is 2.65. The van der Waals surface area contributed by atoms with Crippen molar-refractivity contribution in [3.05, 3.63) is 29.6 Å². The van der Waals surface area contributed by atoms with Crippen LogP contribution in [0.4, 0.5) is 4.39 Å². The molecule has 0 aromatic heterocycles. The van der Waals surface area contributed by atoms with Crippen molar-refractivity contribution in [2.24, 2.45) is 5.92 Å².